The molecule has 4 nitrogen and oxygen atoms in total. The van der Waals surface area contributed by atoms with Crippen molar-refractivity contribution in [3.63, 3.8) is 0 Å². The van der Waals surface area contributed by atoms with E-state index < -0.39 is 0 Å². The highest BCUT2D eigenvalue weighted by molar-refractivity contribution is 7.20. The Morgan fingerprint density at radius 3 is 3.00 bits per heavy atom. The van der Waals surface area contributed by atoms with E-state index in [0.29, 0.717) is 11.0 Å². The van der Waals surface area contributed by atoms with Crippen molar-refractivity contribution in [3.05, 3.63) is 59.9 Å². The number of aliphatic hydroxyl groups excluding tert-OH is 1. The molecule has 26 heavy (non-hydrogen) atoms. The van der Waals surface area contributed by atoms with E-state index in [0.717, 1.165) is 41.7 Å². The van der Waals surface area contributed by atoms with Gasteiger partial charge >= 0.3 is 0 Å². The van der Waals surface area contributed by atoms with E-state index in [4.69, 9.17) is 4.74 Å². The van der Waals surface area contributed by atoms with Crippen LogP contribution in [-0.2, 0) is 0 Å². The third-order valence-corrected chi connectivity index (χ3v) is 5.71. The van der Waals surface area contributed by atoms with Crippen molar-refractivity contribution in [2.45, 2.75) is 32.7 Å². The van der Waals surface area contributed by atoms with E-state index in [1.807, 2.05) is 38.1 Å². The van der Waals surface area contributed by atoms with Crippen LogP contribution in [0.25, 0.3) is 10.2 Å². The fraction of sp³-hybridized carbons (Fsp3) is 0.381. The molecule has 5 heteroatoms. The van der Waals surface area contributed by atoms with Crippen LogP contribution >= 0.6 is 11.3 Å². The molecule has 1 fully saturated rings. The Morgan fingerprint density at radius 1 is 1.46 bits per heavy atom. The van der Waals surface area contributed by atoms with Gasteiger partial charge in [-0.2, -0.15) is 0 Å². The predicted molar refractivity (Wildman–Crippen MR) is 109 cm³/mol. The number of hydrogen-bond donors (Lipinski definition) is 1. The number of aromatic nitrogens is 1. The second kappa shape index (κ2) is 8.62. The van der Waals surface area contributed by atoms with Crippen molar-refractivity contribution in [2.24, 2.45) is 0 Å². The van der Waals surface area contributed by atoms with Crippen LogP contribution in [0.4, 0.5) is 0 Å². The molecular weight excluding hydrogens is 344 g/mol. The summed E-state index contributed by atoms with van der Waals surface area (Å²) in [4.78, 5) is 6.84. The molecule has 1 aliphatic rings. The van der Waals surface area contributed by atoms with E-state index in [1.54, 1.807) is 0 Å². The van der Waals surface area contributed by atoms with E-state index in [-0.39, 0.29) is 12.6 Å². The number of hydrogen-bond acceptors (Lipinski definition) is 5. The highest BCUT2D eigenvalue weighted by atomic mass is 32.1. The molecule has 0 spiro atoms. The van der Waals surface area contributed by atoms with Crippen LogP contribution in [0.2, 0.25) is 0 Å². The van der Waals surface area contributed by atoms with Gasteiger partial charge in [-0.25, -0.2) is 4.98 Å². The third kappa shape index (κ3) is 4.41. The molecule has 1 saturated heterocycles. The van der Waals surface area contributed by atoms with Crippen LogP contribution in [0, 0.1) is 0 Å². The van der Waals surface area contributed by atoms with Gasteiger partial charge in [-0.05, 0) is 56.5 Å². The minimum Gasteiger partial charge on any atom is -0.431 e. The average Bonchev–Trinajstić information content (AvgIpc) is 3.26. The average molecular weight is 371 g/mol. The zero-order chi connectivity index (χ0) is 18.5. The van der Waals surface area contributed by atoms with Crippen LogP contribution in [0.15, 0.2) is 59.9 Å². The zero-order valence-corrected chi connectivity index (χ0v) is 16.3. The summed E-state index contributed by atoms with van der Waals surface area (Å²) < 4.78 is 6.99. The molecule has 1 unspecified atom stereocenters. The number of rotatable bonds is 7. The molecule has 3 rings (SSSR count). The van der Waals surface area contributed by atoms with Gasteiger partial charge < -0.3 is 9.84 Å². The second-order valence-electron chi connectivity index (χ2n) is 6.61. The molecule has 0 saturated carbocycles. The van der Waals surface area contributed by atoms with Gasteiger partial charge in [-0.1, -0.05) is 42.2 Å². The summed E-state index contributed by atoms with van der Waals surface area (Å²) in [6.07, 6.45) is 6.45. The van der Waals surface area contributed by atoms with Gasteiger partial charge in [-0.15, -0.1) is 0 Å². The summed E-state index contributed by atoms with van der Waals surface area (Å²) in [5.74, 6) is 0.614. The van der Waals surface area contributed by atoms with Crippen molar-refractivity contribution < 1.29 is 9.84 Å². The first-order valence-corrected chi connectivity index (χ1v) is 9.83. The molecular formula is C21H26N2O2S. The molecule has 1 aliphatic heterocycles. The number of allylic oxidation sites excluding steroid dienone is 2. The maximum Gasteiger partial charge on any atom is 0.279 e. The minimum atomic E-state index is 0.229. The number of benzene rings is 1. The first kappa shape index (κ1) is 18.8. The Bertz CT molecular complexity index is 804. The number of thiazole rings is 1. The van der Waals surface area contributed by atoms with Crippen LogP contribution in [0.1, 0.15) is 26.7 Å². The molecule has 0 aliphatic carbocycles. The fourth-order valence-corrected chi connectivity index (χ4v) is 4.04. The van der Waals surface area contributed by atoms with Gasteiger partial charge in [0.15, 0.2) is 0 Å². The largest absolute Gasteiger partial charge is 0.431 e. The van der Waals surface area contributed by atoms with E-state index in [9.17, 15) is 5.11 Å². The highest BCUT2D eigenvalue weighted by Crippen LogP contribution is 2.29. The summed E-state index contributed by atoms with van der Waals surface area (Å²) in [6, 6.07) is 8.27. The van der Waals surface area contributed by atoms with Gasteiger partial charge in [0, 0.05) is 12.6 Å². The summed E-state index contributed by atoms with van der Waals surface area (Å²) in [7, 11) is 0. The lowest BCUT2D eigenvalue weighted by Gasteiger charge is -2.23. The number of ether oxygens (including phenoxy) is 1. The second-order valence-corrected chi connectivity index (χ2v) is 7.61. The van der Waals surface area contributed by atoms with Crippen molar-refractivity contribution in [1.29, 1.82) is 0 Å². The molecule has 2 heterocycles. The Balaban J connectivity index is 1.65. The first-order chi connectivity index (χ1) is 12.6. The summed E-state index contributed by atoms with van der Waals surface area (Å²) in [6.45, 7) is 10.2. The minimum absolute atomic E-state index is 0.229. The number of nitrogens with zero attached hydrogens (tertiary/aromatic N) is 2. The highest BCUT2D eigenvalue weighted by Gasteiger charge is 2.23. The molecule has 0 radical (unpaired) electrons. The maximum absolute atomic E-state index is 9.50. The fourth-order valence-electron chi connectivity index (χ4n) is 3.20. The van der Waals surface area contributed by atoms with E-state index in [1.165, 1.54) is 16.9 Å². The SMILES string of the molecule is C=C(Oc1nc2ccccc2s1)/C(C)=C\C(=C/C)CN1CCCC1CO. The van der Waals surface area contributed by atoms with E-state index in [2.05, 4.69) is 28.6 Å². The Hall–Kier alpha value is -1.95. The Morgan fingerprint density at radius 2 is 2.27 bits per heavy atom. The van der Waals surface area contributed by atoms with Gasteiger partial charge in [0.25, 0.3) is 5.19 Å². The maximum atomic E-state index is 9.50. The van der Waals surface area contributed by atoms with Gasteiger partial charge in [0.05, 0.1) is 16.8 Å². The smallest absolute Gasteiger partial charge is 0.279 e. The monoisotopic (exact) mass is 370 g/mol. The normalized spacial score (nSPS) is 19.3. The van der Waals surface area contributed by atoms with Crippen LogP contribution in [0.5, 0.6) is 5.19 Å². The number of fused-ring (bicyclic) bond motifs is 1. The quantitative estimate of drug-likeness (QED) is 0.574. The lowest BCUT2D eigenvalue weighted by molar-refractivity contribution is 0.168. The van der Waals surface area contributed by atoms with Crippen molar-refractivity contribution >= 4 is 21.6 Å². The molecule has 2 aromatic rings. The Labute approximate surface area is 159 Å². The lowest BCUT2D eigenvalue weighted by Crippen LogP contribution is -2.33. The molecule has 1 atom stereocenters. The number of aliphatic hydroxyl groups is 1. The topological polar surface area (TPSA) is 45.6 Å². The molecule has 0 bridgehead atoms. The molecule has 1 aromatic carbocycles. The van der Waals surface area contributed by atoms with Crippen molar-refractivity contribution in [2.75, 3.05) is 19.7 Å². The number of para-hydroxylation sites is 1. The Kier molecular flexibility index (Phi) is 6.25. The summed E-state index contributed by atoms with van der Waals surface area (Å²) in [5.41, 5.74) is 3.13. The first-order valence-electron chi connectivity index (χ1n) is 9.01. The predicted octanol–water partition coefficient (Wildman–Crippen LogP) is 4.54. The van der Waals surface area contributed by atoms with Crippen LogP contribution in [-0.4, -0.2) is 40.7 Å². The molecule has 1 aromatic heterocycles. The van der Waals surface area contributed by atoms with Crippen molar-refractivity contribution in [1.82, 2.24) is 9.88 Å². The van der Waals surface area contributed by atoms with Crippen molar-refractivity contribution in [3.8, 4) is 5.19 Å². The van der Waals surface area contributed by atoms with Gasteiger partial charge in [0.1, 0.15) is 5.76 Å². The van der Waals surface area contributed by atoms with Crippen LogP contribution in [0.3, 0.4) is 0 Å². The third-order valence-electron chi connectivity index (χ3n) is 4.79. The molecule has 0 amide bonds. The van der Waals surface area contributed by atoms with E-state index >= 15 is 0 Å². The number of likely N-dealkylation sites (tertiary alicyclic amines) is 1. The van der Waals surface area contributed by atoms with Gasteiger partial charge in [0.2, 0.25) is 0 Å². The van der Waals surface area contributed by atoms with Gasteiger partial charge in [-0.3, -0.25) is 4.90 Å². The standard InChI is InChI=1S/C21H26N2O2S/c1-4-17(13-23-11-7-8-18(23)14-24)12-15(2)16(3)25-21-22-19-9-5-6-10-20(19)26-21/h4-6,9-10,12,18,24H,3,7-8,11,13-14H2,1-2H3/b15-12-,17-4+. The lowest BCUT2D eigenvalue weighted by atomic mass is 10.1. The summed E-state index contributed by atoms with van der Waals surface area (Å²) in [5, 5.41) is 10.1. The van der Waals surface area contributed by atoms with Crippen LogP contribution < -0.4 is 4.74 Å². The zero-order valence-electron chi connectivity index (χ0n) is 15.4. The molecule has 138 valence electrons. The summed E-state index contributed by atoms with van der Waals surface area (Å²) >= 11 is 1.53. The molecule has 1 N–H and O–H groups in total.